The fourth-order valence-corrected chi connectivity index (χ4v) is 2.67. The molecule has 1 aromatic carbocycles. The van der Waals surface area contributed by atoms with E-state index in [1.807, 2.05) is 37.5 Å². The summed E-state index contributed by atoms with van der Waals surface area (Å²) in [6.07, 6.45) is 0. The van der Waals surface area contributed by atoms with E-state index < -0.39 is 0 Å². The molecule has 3 nitrogen and oxygen atoms in total. The average Bonchev–Trinajstić information content (AvgIpc) is 2.69. The van der Waals surface area contributed by atoms with E-state index in [9.17, 15) is 4.79 Å². The van der Waals surface area contributed by atoms with Gasteiger partial charge in [-0.1, -0.05) is 0 Å². The summed E-state index contributed by atoms with van der Waals surface area (Å²) in [7, 11) is 0. The predicted octanol–water partition coefficient (Wildman–Crippen LogP) is 3.70. The van der Waals surface area contributed by atoms with Gasteiger partial charge in [0.25, 0.3) is 0 Å². The van der Waals surface area contributed by atoms with Crippen molar-refractivity contribution in [1.29, 1.82) is 5.26 Å². The van der Waals surface area contributed by atoms with Crippen LogP contribution in [0, 0.1) is 32.1 Å². The van der Waals surface area contributed by atoms with Crippen LogP contribution in [-0.2, 0) is 0 Å². The quantitative estimate of drug-likeness (QED) is 0.638. The number of nitrogens with zero attached hydrogens (tertiary/aromatic N) is 2. The van der Waals surface area contributed by atoms with Crippen molar-refractivity contribution in [1.82, 2.24) is 4.57 Å². The topological polar surface area (TPSA) is 45.8 Å². The summed E-state index contributed by atoms with van der Waals surface area (Å²) in [5.74, 6) is -0.0736. The fraction of sp³-hybridized carbons (Fsp3) is 0.250. The number of hydrogen-bond donors (Lipinski definition) is 0. The van der Waals surface area contributed by atoms with Gasteiger partial charge in [-0.2, -0.15) is 5.26 Å². The molecule has 0 atom stereocenters. The average molecular weight is 287 g/mol. The highest BCUT2D eigenvalue weighted by molar-refractivity contribution is 6.30. The first-order valence-electron chi connectivity index (χ1n) is 6.29. The molecule has 0 unspecified atom stereocenters. The van der Waals surface area contributed by atoms with Crippen molar-refractivity contribution in [2.45, 2.75) is 20.8 Å². The van der Waals surface area contributed by atoms with Crippen molar-refractivity contribution >= 4 is 17.4 Å². The van der Waals surface area contributed by atoms with E-state index in [0.29, 0.717) is 11.1 Å². The van der Waals surface area contributed by atoms with E-state index in [-0.39, 0.29) is 11.7 Å². The van der Waals surface area contributed by atoms with E-state index in [0.717, 1.165) is 22.6 Å². The molecule has 0 aliphatic heterocycles. The predicted molar refractivity (Wildman–Crippen MR) is 79.7 cm³/mol. The van der Waals surface area contributed by atoms with Gasteiger partial charge >= 0.3 is 0 Å². The molecule has 0 radical (unpaired) electrons. The summed E-state index contributed by atoms with van der Waals surface area (Å²) in [5.41, 5.74) is 5.11. The minimum Gasteiger partial charge on any atom is -0.317 e. The molecule has 2 rings (SSSR count). The lowest BCUT2D eigenvalue weighted by atomic mass is 10.1. The minimum absolute atomic E-state index is 0.0154. The van der Waals surface area contributed by atoms with Gasteiger partial charge in [0.1, 0.15) is 0 Å². The molecule has 4 heteroatoms. The first-order valence-corrected chi connectivity index (χ1v) is 6.83. The maximum Gasteiger partial charge on any atom is 0.179 e. The van der Waals surface area contributed by atoms with Crippen LogP contribution in [0.25, 0.3) is 5.69 Å². The number of Topliss-reactive ketones (excluding diaryl/α,β-unsaturated/α-hetero) is 1. The van der Waals surface area contributed by atoms with Crippen LogP contribution in [-0.4, -0.2) is 16.2 Å². The maximum atomic E-state index is 12.0. The van der Waals surface area contributed by atoms with Crippen molar-refractivity contribution in [2.75, 3.05) is 5.88 Å². The Labute approximate surface area is 123 Å². The van der Waals surface area contributed by atoms with E-state index in [2.05, 4.69) is 6.07 Å². The van der Waals surface area contributed by atoms with Crippen LogP contribution in [0.3, 0.4) is 0 Å². The zero-order chi connectivity index (χ0) is 14.9. The highest BCUT2D eigenvalue weighted by Crippen LogP contribution is 2.26. The molecule has 20 heavy (non-hydrogen) atoms. The zero-order valence-electron chi connectivity index (χ0n) is 11.7. The Morgan fingerprint density at radius 3 is 2.30 bits per heavy atom. The zero-order valence-corrected chi connectivity index (χ0v) is 12.5. The Morgan fingerprint density at radius 1 is 1.20 bits per heavy atom. The number of aromatic nitrogens is 1. The number of benzene rings is 1. The van der Waals surface area contributed by atoms with Crippen molar-refractivity contribution in [3.05, 3.63) is 52.3 Å². The fourth-order valence-electron chi connectivity index (χ4n) is 2.53. The van der Waals surface area contributed by atoms with Crippen LogP contribution in [0.5, 0.6) is 0 Å². The Balaban J connectivity index is 2.63. The number of carbonyl (C=O) groups excluding carboxylic acids is 1. The third kappa shape index (κ3) is 2.23. The van der Waals surface area contributed by atoms with Crippen molar-refractivity contribution in [3.63, 3.8) is 0 Å². The second-order valence-electron chi connectivity index (χ2n) is 4.72. The Kier molecular flexibility index (Phi) is 3.96. The molecule has 0 amide bonds. The molecule has 0 saturated carbocycles. The lowest BCUT2D eigenvalue weighted by Gasteiger charge is -2.09. The number of hydrogen-bond acceptors (Lipinski definition) is 2. The Hall–Kier alpha value is -2.05. The smallest absolute Gasteiger partial charge is 0.179 e. The van der Waals surface area contributed by atoms with Gasteiger partial charge in [-0.25, -0.2) is 0 Å². The number of ketones is 1. The first-order chi connectivity index (χ1) is 9.51. The second kappa shape index (κ2) is 5.52. The third-order valence-corrected chi connectivity index (χ3v) is 3.85. The molecule has 1 heterocycles. The summed E-state index contributed by atoms with van der Waals surface area (Å²) in [5, 5.41) is 8.85. The SMILES string of the molecule is Cc1c(C(=O)CCl)c(C)n(-c2ccc(C#N)cc2)c1C. The van der Waals surface area contributed by atoms with Crippen molar-refractivity contribution in [3.8, 4) is 11.8 Å². The summed E-state index contributed by atoms with van der Waals surface area (Å²) in [6.45, 7) is 5.83. The molecule has 0 N–H and O–H groups in total. The normalized spacial score (nSPS) is 10.3. The number of rotatable bonds is 3. The molecule has 0 saturated heterocycles. The van der Waals surface area contributed by atoms with Gasteiger partial charge in [-0.3, -0.25) is 4.79 Å². The van der Waals surface area contributed by atoms with E-state index in [4.69, 9.17) is 16.9 Å². The van der Waals surface area contributed by atoms with Crippen molar-refractivity contribution < 1.29 is 4.79 Å². The van der Waals surface area contributed by atoms with E-state index in [1.54, 1.807) is 12.1 Å². The summed E-state index contributed by atoms with van der Waals surface area (Å²) >= 11 is 5.68. The number of alkyl halides is 1. The van der Waals surface area contributed by atoms with E-state index >= 15 is 0 Å². The van der Waals surface area contributed by atoms with Crippen molar-refractivity contribution in [2.24, 2.45) is 0 Å². The Bertz CT molecular complexity index is 706. The molecule has 0 aliphatic carbocycles. The second-order valence-corrected chi connectivity index (χ2v) is 4.99. The van der Waals surface area contributed by atoms with Crippen LogP contribution in [0.1, 0.15) is 32.9 Å². The van der Waals surface area contributed by atoms with Crippen LogP contribution in [0.2, 0.25) is 0 Å². The third-order valence-electron chi connectivity index (χ3n) is 3.61. The molecular formula is C16H15ClN2O. The molecule has 2 aromatic rings. The molecule has 0 bridgehead atoms. The summed E-state index contributed by atoms with van der Waals surface area (Å²) in [4.78, 5) is 12.0. The molecular weight excluding hydrogens is 272 g/mol. The number of halogens is 1. The lowest BCUT2D eigenvalue weighted by Crippen LogP contribution is -2.04. The van der Waals surface area contributed by atoms with Gasteiger partial charge in [0, 0.05) is 22.6 Å². The standard InChI is InChI=1S/C16H15ClN2O/c1-10-11(2)19(12(3)16(10)15(20)8-17)14-6-4-13(9-18)5-7-14/h4-7H,8H2,1-3H3. The number of nitriles is 1. The van der Waals surface area contributed by atoms with Gasteiger partial charge in [0.05, 0.1) is 17.5 Å². The Morgan fingerprint density at radius 2 is 1.80 bits per heavy atom. The van der Waals surface area contributed by atoms with Crippen LogP contribution in [0.4, 0.5) is 0 Å². The molecule has 0 spiro atoms. The van der Waals surface area contributed by atoms with Crippen LogP contribution >= 0.6 is 11.6 Å². The molecule has 102 valence electrons. The molecule has 1 aromatic heterocycles. The van der Waals surface area contributed by atoms with Crippen LogP contribution < -0.4 is 0 Å². The largest absolute Gasteiger partial charge is 0.317 e. The highest BCUT2D eigenvalue weighted by Gasteiger charge is 2.20. The lowest BCUT2D eigenvalue weighted by molar-refractivity contribution is 0.102. The number of carbonyl (C=O) groups is 1. The maximum absolute atomic E-state index is 12.0. The van der Waals surface area contributed by atoms with Gasteiger partial charge in [0.15, 0.2) is 5.78 Å². The summed E-state index contributed by atoms with van der Waals surface area (Å²) < 4.78 is 2.02. The highest BCUT2D eigenvalue weighted by atomic mass is 35.5. The summed E-state index contributed by atoms with van der Waals surface area (Å²) in [6, 6.07) is 9.40. The van der Waals surface area contributed by atoms with Crippen LogP contribution in [0.15, 0.2) is 24.3 Å². The van der Waals surface area contributed by atoms with Gasteiger partial charge in [-0.15, -0.1) is 11.6 Å². The first kappa shape index (κ1) is 14.4. The molecule has 0 aliphatic rings. The van der Waals surface area contributed by atoms with E-state index in [1.165, 1.54) is 0 Å². The van der Waals surface area contributed by atoms with Gasteiger partial charge in [0.2, 0.25) is 0 Å². The monoisotopic (exact) mass is 286 g/mol. The molecule has 0 fully saturated rings. The minimum atomic E-state index is -0.0582. The van der Waals surface area contributed by atoms with Gasteiger partial charge < -0.3 is 4.57 Å². The van der Waals surface area contributed by atoms with Gasteiger partial charge in [-0.05, 0) is 50.6 Å².